The van der Waals surface area contributed by atoms with E-state index in [1.54, 1.807) is 0 Å². The molecule has 9 heteroatoms. The number of rotatable bonds is 4. The molecule has 2 rings (SSSR count). The summed E-state index contributed by atoms with van der Waals surface area (Å²) in [4.78, 5) is 11.0. The molecule has 0 bridgehead atoms. The molecule has 1 fully saturated rings. The maximum atomic E-state index is 12.7. The quantitative estimate of drug-likeness (QED) is 0.800. The number of carboxylic acid groups (broad SMARTS) is 1. The molecule has 8 nitrogen and oxygen atoms in total. The van der Waals surface area contributed by atoms with E-state index in [1.807, 2.05) is 0 Å². The number of aliphatic hydroxyl groups excluding tert-OH is 1. The molecule has 1 saturated heterocycles. The summed E-state index contributed by atoms with van der Waals surface area (Å²) in [5.74, 6) is -1.27. The number of carboxylic acids is 1. The topological polar surface area (TPSA) is 117 Å². The smallest absolute Gasteiger partial charge is 0.340 e. The van der Waals surface area contributed by atoms with Crippen molar-refractivity contribution in [3.8, 4) is 0 Å². The van der Waals surface area contributed by atoms with Crippen molar-refractivity contribution in [2.45, 2.75) is 24.8 Å². The Morgan fingerprint density at radius 3 is 2.62 bits per heavy atom. The standard InChI is InChI=1S/C12H17NO7S/c1-7-10(12(15)16)11(8(2)20-7)21(17,18)13-3-4-19-9(5-13)6-14/h9,14H,3-6H2,1-2H3,(H,15,16). The van der Waals surface area contributed by atoms with Gasteiger partial charge in [0.1, 0.15) is 22.0 Å². The fourth-order valence-electron chi connectivity index (χ4n) is 2.37. The second kappa shape index (κ2) is 5.76. The van der Waals surface area contributed by atoms with Gasteiger partial charge in [0, 0.05) is 13.1 Å². The van der Waals surface area contributed by atoms with Gasteiger partial charge in [-0.05, 0) is 13.8 Å². The normalized spacial score (nSPS) is 20.6. The van der Waals surface area contributed by atoms with Gasteiger partial charge in [-0.2, -0.15) is 4.31 Å². The number of hydrogen-bond donors (Lipinski definition) is 2. The SMILES string of the molecule is Cc1oc(C)c(S(=O)(=O)N2CCOC(CO)C2)c1C(=O)O. The minimum Gasteiger partial charge on any atom is -0.478 e. The molecule has 0 saturated carbocycles. The molecule has 0 aliphatic carbocycles. The molecule has 1 aromatic heterocycles. The van der Waals surface area contributed by atoms with Gasteiger partial charge in [-0.25, -0.2) is 13.2 Å². The zero-order chi connectivity index (χ0) is 15.8. The van der Waals surface area contributed by atoms with Crippen LogP contribution in [0.3, 0.4) is 0 Å². The average molecular weight is 319 g/mol. The minimum atomic E-state index is -4.02. The van der Waals surface area contributed by atoms with E-state index in [4.69, 9.17) is 14.3 Å². The van der Waals surface area contributed by atoms with E-state index in [2.05, 4.69) is 0 Å². The Morgan fingerprint density at radius 1 is 1.38 bits per heavy atom. The third-order valence-electron chi connectivity index (χ3n) is 3.32. The summed E-state index contributed by atoms with van der Waals surface area (Å²) in [5.41, 5.74) is -0.348. The van der Waals surface area contributed by atoms with E-state index in [0.717, 1.165) is 4.31 Å². The Bertz CT molecular complexity index is 649. The van der Waals surface area contributed by atoms with Gasteiger partial charge in [0.15, 0.2) is 0 Å². The molecule has 2 heterocycles. The number of aromatic carboxylic acids is 1. The van der Waals surface area contributed by atoms with Gasteiger partial charge < -0.3 is 19.4 Å². The van der Waals surface area contributed by atoms with Crippen LogP contribution in [-0.2, 0) is 14.8 Å². The van der Waals surface area contributed by atoms with Crippen LogP contribution in [0.1, 0.15) is 21.9 Å². The van der Waals surface area contributed by atoms with Crippen molar-refractivity contribution >= 4 is 16.0 Å². The molecule has 1 unspecified atom stereocenters. The highest BCUT2D eigenvalue weighted by molar-refractivity contribution is 7.89. The lowest BCUT2D eigenvalue weighted by Crippen LogP contribution is -2.47. The van der Waals surface area contributed by atoms with E-state index < -0.39 is 22.1 Å². The van der Waals surface area contributed by atoms with E-state index in [9.17, 15) is 18.3 Å². The highest BCUT2D eigenvalue weighted by Crippen LogP contribution is 2.30. The van der Waals surface area contributed by atoms with Crippen LogP contribution in [0.4, 0.5) is 0 Å². The first-order valence-electron chi connectivity index (χ1n) is 6.35. The highest BCUT2D eigenvalue weighted by Gasteiger charge is 2.37. The minimum absolute atomic E-state index is 0.0262. The first-order chi connectivity index (χ1) is 9.78. The van der Waals surface area contributed by atoms with Crippen LogP contribution in [0.2, 0.25) is 0 Å². The van der Waals surface area contributed by atoms with Crippen LogP contribution in [-0.4, -0.2) is 61.3 Å². The summed E-state index contributed by atoms with van der Waals surface area (Å²) in [6.07, 6.45) is -0.616. The lowest BCUT2D eigenvalue weighted by atomic mass is 10.2. The Kier molecular flexibility index (Phi) is 4.38. The Labute approximate surface area is 122 Å². The van der Waals surface area contributed by atoms with Gasteiger partial charge in [-0.3, -0.25) is 0 Å². The van der Waals surface area contributed by atoms with Crippen molar-refractivity contribution in [3.63, 3.8) is 0 Å². The van der Waals surface area contributed by atoms with Gasteiger partial charge in [0.2, 0.25) is 10.0 Å². The average Bonchev–Trinajstić information content (AvgIpc) is 2.74. The molecular formula is C12H17NO7S. The molecule has 0 aromatic carbocycles. The van der Waals surface area contributed by atoms with Crippen LogP contribution in [0.15, 0.2) is 9.31 Å². The molecular weight excluding hydrogens is 302 g/mol. The van der Waals surface area contributed by atoms with Crippen LogP contribution < -0.4 is 0 Å². The van der Waals surface area contributed by atoms with Gasteiger partial charge in [0.25, 0.3) is 0 Å². The van der Waals surface area contributed by atoms with E-state index in [-0.39, 0.29) is 48.3 Å². The highest BCUT2D eigenvalue weighted by atomic mass is 32.2. The maximum absolute atomic E-state index is 12.7. The molecule has 1 aliphatic rings. The summed E-state index contributed by atoms with van der Waals surface area (Å²) in [6, 6.07) is 0. The van der Waals surface area contributed by atoms with Crippen LogP contribution >= 0.6 is 0 Å². The monoisotopic (exact) mass is 319 g/mol. The lowest BCUT2D eigenvalue weighted by molar-refractivity contribution is -0.0304. The molecule has 0 spiro atoms. The maximum Gasteiger partial charge on any atom is 0.340 e. The molecule has 1 aliphatic heterocycles. The summed E-state index contributed by atoms with van der Waals surface area (Å²) in [7, 11) is -4.02. The molecule has 1 aromatic rings. The fourth-order valence-corrected chi connectivity index (χ4v) is 4.20. The van der Waals surface area contributed by atoms with Crippen molar-refractivity contribution in [1.29, 1.82) is 0 Å². The summed E-state index contributed by atoms with van der Waals surface area (Å²) in [6.45, 7) is 2.73. The zero-order valence-electron chi connectivity index (χ0n) is 11.7. The second-order valence-corrected chi connectivity index (χ2v) is 6.64. The van der Waals surface area contributed by atoms with E-state index >= 15 is 0 Å². The van der Waals surface area contributed by atoms with Crippen LogP contribution in [0.5, 0.6) is 0 Å². The predicted octanol–water partition coefficient (Wildman–Crippen LogP) is -0.0236. The van der Waals surface area contributed by atoms with Crippen molar-refractivity contribution in [1.82, 2.24) is 4.31 Å². The number of ether oxygens (including phenoxy) is 1. The number of furan rings is 1. The fraction of sp³-hybridized carbons (Fsp3) is 0.583. The van der Waals surface area contributed by atoms with Crippen LogP contribution in [0, 0.1) is 13.8 Å². The first kappa shape index (κ1) is 16.0. The van der Waals surface area contributed by atoms with Gasteiger partial charge in [0.05, 0.1) is 19.3 Å². The van der Waals surface area contributed by atoms with E-state index in [0.29, 0.717) is 0 Å². The van der Waals surface area contributed by atoms with Gasteiger partial charge >= 0.3 is 5.97 Å². The molecule has 2 N–H and O–H groups in total. The summed E-state index contributed by atoms with van der Waals surface area (Å²) < 4.78 is 36.8. The zero-order valence-corrected chi connectivity index (χ0v) is 12.5. The third kappa shape index (κ3) is 2.82. The molecule has 1 atom stereocenters. The largest absolute Gasteiger partial charge is 0.478 e. The molecule has 21 heavy (non-hydrogen) atoms. The number of hydrogen-bond acceptors (Lipinski definition) is 6. The number of nitrogens with zero attached hydrogens (tertiary/aromatic N) is 1. The molecule has 0 amide bonds. The van der Waals surface area contributed by atoms with Crippen molar-refractivity contribution in [3.05, 3.63) is 17.1 Å². The Balaban J connectivity index is 2.47. The summed E-state index contributed by atoms with van der Waals surface area (Å²) >= 11 is 0. The van der Waals surface area contributed by atoms with Crippen LogP contribution in [0.25, 0.3) is 0 Å². The number of aliphatic hydroxyl groups is 1. The van der Waals surface area contributed by atoms with Gasteiger partial charge in [-0.15, -0.1) is 0 Å². The number of morpholine rings is 1. The Morgan fingerprint density at radius 2 is 2.05 bits per heavy atom. The van der Waals surface area contributed by atoms with E-state index in [1.165, 1.54) is 13.8 Å². The summed E-state index contributed by atoms with van der Waals surface area (Å²) in [5, 5.41) is 18.3. The predicted molar refractivity (Wildman–Crippen MR) is 70.7 cm³/mol. The third-order valence-corrected chi connectivity index (χ3v) is 5.34. The van der Waals surface area contributed by atoms with Crippen molar-refractivity contribution < 1.29 is 32.6 Å². The van der Waals surface area contributed by atoms with Gasteiger partial charge in [-0.1, -0.05) is 0 Å². The number of aryl methyl sites for hydroxylation is 2. The second-order valence-electron chi connectivity index (χ2n) is 4.76. The number of sulfonamides is 1. The first-order valence-corrected chi connectivity index (χ1v) is 7.79. The lowest BCUT2D eigenvalue weighted by Gasteiger charge is -2.31. The molecule has 118 valence electrons. The Hall–Kier alpha value is -1.42. The van der Waals surface area contributed by atoms with Crippen molar-refractivity contribution in [2.75, 3.05) is 26.3 Å². The van der Waals surface area contributed by atoms with Crippen molar-refractivity contribution in [2.24, 2.45) is 0 Å². The number of carbonyl (C=O) groups is 1. The molecule has 0 radical (unpaired) electrons.